The topological polar surface area (TPSA) is 41.6 Å². The molecule has 1 saturated carbocycles. The van der Waals surface area contributed by atoms with Gasteiger partial charge in [-0.25, -0.2) is 0 Å². The van der Waals surface area contributed by atoms with Crippen LogP contribution in [0.3, 0.4) is 0 Å². The average molecular weight is 377 g/mol. The van der Waals surface area contributed by atoms with Gasteiger partial charge in [0.2, 0.25) is 5.91 Å². The van der Waals surface area contributed by atoms with E-state index in [-0.39, 0.29) is 5.91 Å². The van der Waals surface area contributed by atoms with E-state index in [1.54, 1.807) is 19.3 Å². The number of carbonyl (C=O) groups is 1. The Morgan fingerprint density at radius 2 is 1.89 bits per heavy atom. The fraction of sp³-hybridized carbons (Fsp3) is 0.375. The molecule has 4 nitrogen and oxygen atoms in total. The number of benzene rings is 2. The van der Waals surface area contributed by atoms with Crippen LogP contribution in [0.15, 0.2) is 48.5 Å². The van der Waals surface area contributed by atoms with Crippen LogP contribution in [0.5, 0.6) is 5.75 Å². The summed E-state index contributed by atoms with van der Waals surface area (Å²) in [5, 5.41) is 3.00. The van der Waals surface area contributed by atoms with Crippen LogP contribution < -0.4 is 10.1 Å². The summed E-state index contributed by atoms with van der Waals surface area (Å²) in [5.74, 6) is 0.628. The third-order valence-corrected chi connectivity index (χ3v) is 5.95. The van der Waals surface area contributed by atoms with Crippen LogP contribution in [0.2, 0.25) is 0 Å². The lowest BCUT2D eigenvalue weighted by Gasteiger charge is -2.36. The normalized spacial score (nSPS) is 17.6. The minimum atomic E-state index is -0.129. The van der Waals surface area contributed by atoms with Crippen molar-refractivity contribution in [3.05, 3.63) is 65.2 Å². The maximum atomic E-state index is 12.4. The van der Waals surface area contributed by atoms with Gasteiger partial charge in [-0.05, 0) is 61.1 Å². The molecule has 0 aromatic heterocycles. The first-order valence-electron chi connectivity index (χ1n) is 10.2. The first-order chi connectivity index (χ1) is 13.7. The van der Waals surface area contributed by atoms with E-state index < -0.39 is 0 Å². The van der Waals surface area contributed by atoms with E-state index in [0.717, 1.165) is 49.0 Å². The highest BCUT2D eigenvalue weighted by molar-refractivity contribution is 6.02. The van der Waals surface area contributed by atoms with Gasteiger partial charge in [0.1, 0.15) is 5.75 Å². The van der Waals surface area contributed by atoms with E-state index >= 15 is 0 Å². The lowest BCUT2D eigenvalue weighted by molar-refractivity contribution is -0.111. The number of nitrogens with one attached hydrogen (secondary N) is 1. The van der Waals surface area contributed by atoms with Crippen molar-refractivity contribution >= 4 is 17.7 Å². The van der Waals surface area contributed by atoms with Gasteiger partial charge in [0, 0.05) is 36.5 Å². The summed E-state index contributed by atoms with van der Waals surface area (Å²) in [4.78, 5) is 15.0. The second-order valence-corrected chi connectivity index (χ2v) is 7.67. The van der Waals surface area contributed by atoms with Crippen molar-refractivity contribution in [1.29, 1.82) is 0 Å². The zero-order valence-electron chi connectivity index (χ0n) is 16.5. The predicted molar refractivity (Wildman–Crippen MR) is 114 cm³/mol. The Balaban J connectivity index is 1.40. The highest BCUT2D eigenvalue weighted by atomic mass is 16.5. The second-order valence-electron chi connectivity index (χ2n) is 7.67. The SMILES string of the molecule is COc1ccccc1C=CC(=O)Nc1ccc2c(c1)CCN(C1CCC1)CC2. The molecule has 1 aliphatic carbocycles. The quantitative estimate of drug-likeness (QED) is 0.791. The number of para-hydroxylation sites is 1. The van der Waals surface area contributed by atoms with Crippen molar-refractivity contribution in [3.63, 3.8) is 0 Å². The summed E-state index contributed by atoms with van der Waals surface area (Å²) in [7, 11) is 1.63. The summed E-state index contributed by atoms with van der Waals surface area (Å²) in [6.07, 6.45) is 9.61. The number of rotatable bonds is 5. The predicted octanol–water partition coefficient (Wildman–Crippen LogP) is 4.30. The molecule has 1 aliphatic heterocycles. The zero-order chi connectivity index (χ0) is 19.3. The molecule has 1 fully saturated rings. The van der Waals surface area contributed by atoms with Crippen LogP contribution in [0.1, 0.15) is 36.0 Å². The first-order valence-corrected chi connectivity index (χ1v) is 10.2. The summed E-state index contributed by atoms with van der Waals surface area (Å²) in [6.45, 7) is 2.29. The van der Waals surface area contributed by atoms with Gasteiger partial charge in [-0.3, -0.25) is 9.69 Å². The number of anilines is 1. The Morgan fingerprint density at radius 3 is 2.64 bits per heavy atom. The van der Waals surface area contributed by atoms with Crippen molar-refractivity contribution in [2.75, 3.05) is 25.5 Å². The fourth-order valence-electron chi connectivity index (χ4n) is 4.09. The number of ether oxygens (including phenoxy) is 1. The molecule has 0 bridgehead atoms. The molecule has 0 spiro atoms. The van der Waals surface area contributed by atoms with Gasteiger partial charge in [-0.15, -0.1) is 0 Å². The molecule has 1 amide bonds. The summed E-state index contributed by atoms with van der Waals surface area (Å²) < 4.78 is 5.32. The van der Waals surface area contributed by atoms with Crippen LogP contribution >= 0.6 is 0 Å². The van der Waals surface area contributed by atoms with Gasteiger partial charge >= 0.3 is 0 Å². The molecule has 1 N–H and O–H groups in total. The molecule has 2 aliphatic rings. The Kier molecular flexibility index (Phi) is 5.77. The largest absolute Gasteiger partial charge is 0.496 e. The van der Waals surface area contributed by atoms with Crippen molar-refractivity contribution in [2.24, 2.45) is 0 Å². The summed E-state index contributed by atoms with van der Waals surface area (Å²) >= 11 is 0. The fourth-order valence-corrected chi connectivity index (χ4v) is 4.09. The molecule has 0 unspecified atom stereocenters. The summed E-state index contributed by atoms with van der Waals surface area (Å²) in [6, 6.07) is 14.8. The number of methoxy groups -OCH3 is 1. The highest BCUT2D eigenvalue weighted by Crippen LogP contribution is 2.28. The Morgan fingerprint density at radius 1 is 1.11 bits per heavy atom. The molecular weight excluding hydrogens is 348 g/mol. The van der Waals surface area contributed by atoms with E-state index in [9.17, 15) is 4.79 Å². The van der Waals surface area contributed by atoms with Crippen molar-refractivity contribution < 1.29 is 9.53 Å². The standard InChI is InChI=1S/C24H28N2O2/c1-28-23-8-3-2-5-19(23)10-12-24(27)25-21-11-9-18-13-15-26(22-6-4-7-22)16-14-20(18)17-21/h2-3,5,8-12,17,22H,4,6-7,13-16H2,1H3,(H,25,27). The van der Waals surface area contributed by atoms with Crippen molar-refractivity contribution in [2.45, 2.75) is 38.1 Å². The van der Waals surface area contributed by atoms with Crippen molar-refractivity contribution in [3.8, 4) is 5.75 Å². The minimum absolute atomic E-state index is 0.129. The third kappa shape index (κ3) is 4.28. The minimum Gasteiger partial charge on any atom is -0.496 e. The number of carbonyl (C=O) groups excluding carboxylic acids is 1. The van der Waals surface area contributed by atoms with Gasteiger partial charge in [-0.2, -0.15) is 0 Å². The molecule has 4 heteroatoms. The molecule has 146 valence electrons. The van der Waals surface area contributed by atoms with E-state index in [0.29, 0.717) is 0 Å². The van der Waals surface area contributed by atoms with Gasteiger partial charge in [0.25, 0.3) is 0 Å². The Labute approximate surface area is 167 Å². The molecule has 0 saturated heterocycles. The molecule has 0 atom stereocenters. The lowest BCUT2D eigenvalue weighted by Crippen LogP contribution is -2.41. The van der Waals surface area contributed by atoms with Crippen molar-refractivity contribution in [1.82, 2.24) is 4.90 Å². The maximum absolute atomic E-state index is 12.4. The molecule has 0 radical (unpaired) electrons. The number of nitrogens with zero attached hydrogens (tertiary/aromatic N) is 1. The summed E-state index contributed by atoms with van der Waals surface area (Å²) in [5.41, 5.74) is 4.54. The third-order valence-electron chi connectivity index (χ3n) is 5.95. The molecule has 4 rings (SSSR count). The van der Waals surface area contributed by atoms with E-state index in [4.69, 9.17) is 4.74 Å². The highest BCUT2D eigenvalue weighted by Gasteiger charge is 2.26. The monoisotopic (exact) mass is 376 g/mol. The van der Waals surface area contributed by atoms with Crippen LogP contribution in [0.4, 0.5) is 5.69 Å². The number of fused-ring (bicyclic) bond motifs is 1. The number of hydrogen-bond donors (Lipinski definition) is 1. The molecule has 1 heterocycles. The lowest BCUT2D eigenvalue weighted by atomic mass is 9.91. The van der Waals surface area contributed by atoms with Crippen LogP contribution in [0.25, 0.3) is 6.08 Å². The molecule has 28 heavy (non-hydrogen) atoms. The maximum Gasteiger partial charge on any atom is 0.248 e. The average Bonchev–Trinajstić information content (AvgIpc) is 2.88. The molecular formula is C24H28N2O2. The smallest absolute Gasteiger partial charge is 0.248 e. The first kappa shape index (κ1) is 18.8. The molecule has 2 aromatic carbocycles. The van der Waals surface area contributed by atoms with Gasteiger partial charge in [-0.1, -0.05) is 30.7 Å². The van der Waals surface area contributed by atoms with E-state index in [2.05, 4.69) is 22.3 Å². The van der Waals surface area contributed by atoms with Crippen LogP contribution in [-0.2, 0) is 17.6 Å². The van der Waals surface area contributed by atoms with Gasteiger partial charge in [0.05, 0.1) is 7.11 Å². The van der Waals surface area contributed by atoms with E-state index in [1.165, 1.54) is 30.4 Å². The molecule has 2 aromatic rings. The number of amides is 1. The van der Waals surface area contributed by atoms with Gasteiger partial charge in [0.15, 0.2) is 0 Å². The Hall–Kier alpha value is -2.59. The zero-order valence-corrected chi connectivity index (χ0v) is 16.5. The number of hydrogen-bond acceptors (Lipinski definition) is 3. The Bertz CT molecular complexity index is 871. The van der Waals surface area contributed by atoms with E-state index in [1.807, 2.05) is 30.3 Å². The van der Waals surface area contributed by atoms with Crippen LogP contribution in [-0.4, -0.2) is 37.0 Å². The second kappa shape index (κ2) is 8.61. The van der Waals surface area contributed by atoms with Crippen LogP contribution in [0, 0.1) is 0 Å². The van der Waals surface area contributed by atoms with Gasteiger partial charge < -0.3 is 10.1 Å².